The van der Waals surface area contributed by atoms with E-state index in [1.807, 2.05) is 30.3 Å². The number of ether oxygens (including phenoxy) is 1. The van der Waals surface area contributed by atoms with Gasteiger partial charge in [0, 0.05) is 6.54 Å². The lowest BCUT2D eigenvalue weighted by Crippen LogP contribution is -2.39. The number of hydrogen-bond donors (Lipinski definition) is 2. The van der Waals surface area contributed by atoms with E-state index in [9.17, 15) is 31.2 Å². The summed E-state index contributed by atoms with van der Waals surface area (Å²) in [6.45, 7) is -0.582. The normalized spacial score (nSPS) is 11.7. The van der Waals surface area contributed by atoms with E-state index in [0.29, 0.717) is 28.2 Å². The molecule has 0 aliphatic rings. The molecule has 0 aromatic heterocycles. The van der Waals surface area contributed by atoms with Gasteiger partial charge in [0.05, 0.1) is 23.7 Å². The maximum atomic E-state index is 13.0. The number of carbonyl (C=O) groups excluding carboxylic acids is 2. The molecule has 0 saturated heterocycles. The Hall–Kier alpha value is -4.39. The summed E-state index contributed by atoms with van der Waals surface area (Å²) in [5.41, 5.74) is 2.30. The Morgan fingerprint density at radius 2 is 1.67 bits per heavy atom. The van der Waals surface area contributed by atoms with Gasteiger partial charge in [-0.2, -0.15) is 18.3 Å². The summed E-state index contributed by atoms with van der Waals surface area (Å²) in [5, 5.41) is 6.50. The van der Waals surface area contributed by atoms with Crippen molar-refractivity contribution in [3.8, 4) is 5.75 Å². The van der Waals surface area contributed by atoms with Crippen LogP contribution in [0.2, 0.25) is 0 Å². The van der Waals surface area contributed by atoms with E-state index in [1.165, 1.54) is 6.21 Å². The number of rotatable bonds is 11. The average Bonchev–Trinajstić information content (AvgIpc) is 2.89. The van der Waals surface area contributed by atoms with Crippen LogP contribution in [-0.2, 0) is 32.3 Å². The zero-order valence-corrected chi connectivity index (χ0v) is 21.5. The fraction of sp³-hybridized carbons (Fsp3) is 0.192. The molecule has 0 fully saturated rings. The molecule has 3 rings (SSSR count). The summed E-state index contributed by atoms with van der Waals surface area (Å²) in [5.74, 6) is -0.730. The van der Waals surface area contributed by atoms with Gasteiger partial charge in [-0.3, -0.25) is 13.9 Å². The standard InChI is InChI=1S/C26H25F3N4O5S/c1-39(36,37)33(22-9-5-8-21(14-22)26(27,28)29)17-24(34)32-31-16-20-10-12-23(13-11-20)38-18-25(35)30-15-19-6-3-2-4-7-19/h2-14,16H,15,17-18H2,1H3,(H,30,35)(H,32,34)/b31-16-. The predicted octanol–water partition coefficient (Wildman–Crippen LogP) is 3.32. The molecule has 0 aliphatic carbocycles. The van der Waals surface area contributed by atoms with Crippen LogP contribution < -0.4 is 19.8 Å². The van der Waals surface area contributed by atoms with E-state index >= 15 is 0 Å². The highest BCUT2D eigenvalue weighted by molar-refractivity contribution is 7.92. The lowest BCUT2D eigenvalue weighted by Gasteiger charge is -2.22. The van der Waals surface area contributed by atoms with Gasteiger partial charge >= 0.3 is 6.18 Å². The lowest BCUT2D eigenvalue weighted by molar-refractivity contribution is -0.137. The molecule has 0 heterocycles. The molecule has 0 radical (unpaired) electrons. The van der Waals surface area contributed by atoms with E-state index in [4.69, 9.17) is 4.74 Å². The molecule has 0 spiro atoms. The first-order chi connectivity index (χ1) is 18.4. The van der Waals surface area contributed by atoms with Gasteiger partial charge in [-0.05, 0) is 53.6 Å². The summed E-state index contributed by atoms with van der Waals surface area (Å²) in [4.78, 5) is 24.2. The smallest absolute Gasteiger partial charge is 0.416 e. The number of carbonyl (C=O) groups is 2. The minimum atomic E-state index is -4.68. The fourth-order valence-corrected chi connectivity index (χ4v) is 4.08. The number of nitrogens with zero attached hydrogens (tertiary/aromatic N) is 2. The van der Waals surface area contributed by atoms with Crippen LogP contribution in [0.1, 0.15) is 16.7 Å². The Kier molecular flexibility index (Phi) is 9.66. The molecule has 13 heteroatoms. The van der Waals surface area contributed by atoms with Crippen molar-refractivity contribution in [3.63, 3.8) is 0 Å². The van der Waals surface area contributed by atoms with Gasteiger partial charge in [-0.1, -0.05) is 36.4 Å². The van der Waals surface area contributed by atoms with E-state index in [1.54, 1.807) is 24.3 Å². The molecule has 9 nitrogen and oxygen atoms in total. The maximum absolute atomic E-state index is 13.0. The highest BCUT2D eigenvalue weighted by Gasteiger charge is 2.32. The first-order valence-corrected chi connectivity index (χ1v) is 13.3. The molecular formula is C26H25F3N4O5S. The van der Waals surface area contributed by atoms with Gasteiger partial charge in [-0.15, -0.1) is 0 Å². The Morgan fingerprint density at radius 3 is 2.31 bits per heavy atom. The van der Waals surface area contributed by atoms with E-state index in [-0.39, 0.29) is 18.2 Å². The Balaban J connectivity index is 1.50. The molecular weight excluding hydrogens is 537 g/mol. The Morgan fingerprint density at radius 1 is 0.974 bits per heavy atom. The third-order valence-corrected chi connectivity index (χ3v) is 6.27. The minimum Gasteiger partial charge on any atom is -0.484 e. The van der Waals surface area contributed by atoms with Crippen molar-refractivity contribution in [1.82, 2.24) is 10.7 Å². The molecule has 3 aromatic rings. The number of amides is 2. The third-order valence-electron chi connectivity index (χ3n) is 5.13. The minimum absolute atomic E-state index is 0.182. The van der Waals surface area contributed by atoms with Gasteiger partial charge < -0.3 is 10.1 Å². The lowest BCUT2D eigenvalue weighted by atomic mass is 10.2. The maximum Gasteiger partial charge on any atom is 0.416 e. The van der Waals surface area contributed by atoms with Crippen molar-refractivity contribution in [1.29, 1.82) is 0 Å². The van der Waals surface area contributed by atoms with Crippen LogP contribution in [0.4, 0.5) is 18.9 Å². The van der Waals surface area contributed by atoms with Crippen molar-refractivity contribution in [2.45, 2.75) is 12.7 Å². The van der Waals surface area contributed by atoms with Crippen molar-refractivity contribution in [2.24, 2.45) is 5.10 Å². The van der Waals surface area contributed by atoms with Crippen molar-refractivity contribution >= 4 is 33.7 Å². The molecule has 39 heavy (non-hydrogen) atoms. The van der Waals surface area contributed by atoms with Crippen LogP contribution >= 0.6 is 0 Å². The van der Waals surface area contributed by atoms with Crippen LogP contribution in [0.15, 0.2) is 84.0 Å². The van der Waals surface area contributed by atoms with Crippen LogP contribution in [0.5, 0.6) is 5.75 Å². The fourth-order valence-electron chi connectivity index (χ4n) is 3.23. The number of hydrogen-bond acceptors (Lipinski definition) is 6. The van der Waals surface area contributed by atoms with Crippen molar-refractivity contribution in [2.75, 3.05) is 23.7 Å². The van der Waals surface area contributed by atoms with Gasteiger partial charge in [0.15, 0.2) is 6.61 Å². The SMILES string of the molecule is CS(=O)(=O)N(CC(=O)N/N=C\c1ccc(OCC(=O)NCc2ccccc2)cc1)c1cccc(C(F)(F)F)c1. The number of alkyl halides is 3. The Labute approximate surface area is 223 Å². The van der Waals surface area contributed by atoms with E-state index in [0.717, 1.165) is 30.0 Å². The highest BCUT2D eigenvalue weighted by Crippen LogP contribution is 2.32. The molecule has 206 valence electrons. The number of sulfonamides is 1. The molecule has 0 unspecified atom stereocenters. The molecule has 0 aliphatic heterocycles. The van der Waals surface area contributed by atoms with Gasteiger partial charge in [0.1, 0.15) is 12.3 Å². The first kappa shape index (κ1) is 29.2. The van der Waals surface area contributed by atoms with E-state index in [2.05, 4.69) is 15.8 Å². The van der Waals surface area contributed by atoms with Crippen molar-refractivity contribution < 1.29 is 35.9 Å². The second-order valence-corrected chi connectivity index (χ2v) is 10.1. The molecule has 0 atom stereocenters. The number of benzene rings is 3. The number of nitrogens with one attached hydrogen (secondary N) is 2. The highest BCUT2D eigenvalue weighted by atomic mass is 32.2. The second kappa shape index (κ2) is 12.9. The van der Waals surface area contributed by atoms with E-state index < -0.39 is 34.2 Å². The largest absolute Gasteiger partial charge is 0.484 e. The van der Waals surface area contributed by atoms with Gasteiger partial charge in [-0.25, -0.2) is 13.8 Å². The van der Waals surface area contributed by atoms with Crippen LogP contribution in [0, 0.1) is 0 Å². The second-order valence-electron chi connectivity index (χ2n) is 8.23. The van der Waals surface area contributed by atoms with Crippen molar-refractivity contribution in [3.05, 3.63) is 95.6 Å². The Bertz CT molecular complexity index is 1410. The topological polar surface area (TPSA) is 117 Å². The summed E-state index contributed by atoms with van der Waals surface area (Å²) in [7, 11) is -4.08. The molecule has 2 amide bonds. The molecule has 0 bridgehead atoms. The van der Waals surface area contributed by atoms with Crippen LogP contribution in [0.25, 0.3) is 0 Å². The average molecular weight is 563 g/mol. The quantitative estimate of drug-likeness (QED) is 0.275. The third kappa shape index (κ3) is 9.45. The summed E-state index contributed by atoms with van der Waals surface area (Å²) in [6.07, 6.45) is -2.62. The van der Waals surface area contributed by atoms with Crippen LogP contribution in [-0.4, -0.2) is 45.9 Å². The predicted molar refractivity (Wildman–Crippen MR) is 140 cm³/mol. The summed E-state index contributed by atoms with van der Waals surface area (Å²) < 4.78 is 69.3. The van der Waals surface area contributed by atoms with Gasteiger partial charge in [0.25, 0.3) is 11.8 Å². The molecule has 2 N–H and O–H groups in total. The number of anilines is 1. The zero-order valence-electron chi connectivity index (χ0n) is 20.7. The molecule has 0 saturated carbocycles. The number of hydrazone groups is 1. The van der Waals surface area contributed by atoms with Gasteiger partial charge in [0.2, 0.25) is 10.0 Å². The first-order valence-electron chi connectivity index (χ1n) is 11.4. The van der Waals surface area contributed by atoms with Crippen LogP contribution in [0.3, 0.4) is 0 Å². The monoisotopic (exact) mass is 562 g/mol. The summed E-state index contributed by atoms with van der Waals surface area (Å²) in [6, 6.07) is 19.5. The zero-order chi connectivity index (χ0) is 28.5. The number of halogens is 3. The summed E-state index contributed by atoms with van der Waals surface area (Å²) >= 11 is 0. The molecule has 3 aromatic carbocycles.